The first-order chi connectivity index (χ1) is 11.7. The highest BCUT2D eigenvalue weighted by molar-refractivity contribution is 5.92. The zero-order valence-electron chi connectivity index (χ0n) is 13.9. The number of nitrogens with two attached hydrogens (primary N) is 1. The van der Waals surface area contributed by atoms with E-state index in [9.17, 15) is 4.79 Å². The van der Waals surface area contributed by atoms with Gasteiger partial charge in [0.05, 0.1) is 11.4 Å². The number of hydrogen-bond donors (Lipinski definition) is 1. The summed E-state index contributed by atoms with van der Waals surface area (Å²) < 4.78 is 1.93. The molecule has 2 aliphatic rings. The van der Waals surface area contributed by atoms with Crippen molar-refractivity contribution in [2.45, 2.75) is 44.6 Å². The maximum atomic E-state index is 11.2. The molecule has 1 fully saturated rings. The molecule has 1 aliphatic heterocycles. The first-order valence-corrected chi connectivity index (χ1v) is 8.92. The molecule has 2 heterocycles. The van der Waals surface area contributed by atoms with Crippen molar-refractivity contribution in [1.29, 1.82) is 0 Å². The minimum absolute atomic E-state index is 0.398. The van der Waals surface area contributed by atoms with Crippen LogP contribution < -0.4 is 5.73 Å². The summed E-state index contributed by atoms with van der Waals surface area (Å²) in [5.74, 6) is -0.398. The minimum atomic E-state index is -0.398. The van der Waals surface area contributed by atoms with E-state index in [1.165, 1.54) is 36.9 Å². The minimum Gasteiger partial charge on any atom is -0.366 e. The normalized spacial score (nSPS) is 19.2. The maximum Gasteiger partial charge on any atom is 0.248 e. The van der Waals surface area contributed by atoms with Crippen LogP contribution in [0.2, 0.25) is 0 Å². The number of carbonyl (C=O) groups is 1. The molecule has 0 radical (unpaired) electrons. The quantitative estimate of drug-likeness (QED) is 0.942. The molecule has 4 rings (SSSR count). The molecule has 0 unspecified atom stereocenters. The molecule has 0 spiro atoms. The fourth-order valence-corrected chi connectivity index (χ4v) is 4.04. The van der Waals surface area contributed by atoms with Crippen molar-refractivity contribution < 1.29 is 4.79 Å². The zero-order valence-corrected chi connectivity index (χ0v) is 13.9. The summed E-state index contributed by atoms with van der Waals surface area (Å²) in [6.45, 7) is 2.26. The molecule has 1 saturated carbocycles. The van der Waals surface area contributed by atoms with E-state index in [0.29, 0.717) is 5.56 Å². The molecule has 0 atom stereocenters. The lowest BCUT2D eigenvalue weighted by atomic mass is 10.1. The van der Waals surface area contributed by atoms with Crippen LogP contribution in [0.25, 0.3) is 5.69 Å². The van der Waals surface area contributed by atoms with Gasteiger partial charge in [0.15, 0.2) is 0 Å². The van der Waals surface area contributed by atoms with Gasteiger partial charge in [0.2, 0.25) is 5.91 Å². The topological polar surface area (TPSA) is 64.2 Å². The Morgan fingerprint density at radius 1 is 1.08 bits per heavy atom. The number of carbonyl (C=O) groups excluding carboxylic acids is 1. The largest absolute Gasteiger partial charge is 0.366 e. The monoisotopic (exact) mass is 324 g/mol. The van der Waals surface area contributed by atoms with Gasteiger partial charge in [-0.3, -0.25) is 9.69 Å². The van der Waals surface area contributed by atoms with Gasteiger partial charge in [-0.1, -0.05) is 12.8 Å². The van der Waals surface area contributed by atoms with E-state index in [4.69, 9.17) is 10.8 Å². The molecule has 5 nitrogen and oxygen atoms in total. The van der Waals surface area contributed by atoms with E-state index < -0.39 is 5.91 Å². The second-order valence-electron chi connectivity index (χ2n) is 6.93. The van der Waals surface area contributed by atoms with Crippen molar-refractivity contribution >= 4 is 5.91 Å². The van der Waals surface area contributed by atoms with Crippen molar-refractivity contribution in [2.75, 3.05) is 13.1 Å². The SMILES string of the molecule is NC(=O)c1ccc(-n2cc3c(n2)CCN(C2CCCC2)CC3)cc1. The molecular formula is C19H24N4O. The van der Waals surface area contributed by atoms with E-state index in [2.05, 4.69) is 11.1 Å². The van der Waals surface area contributed by atoms with Crippen LogP contribution in [0.3, 0.4) is 0 Å². The van der Waals surface area contributed by atoms with Crippen LogP contribution in [0, 0.1) is 0 Å². The van der Waals surface area contributed by atoms with Crippen LogP contribution in [-0.4, -0.2) is 39.7 Å². The Balaban J connectivity index is 1.50. The predicted octanol–water partition coefficient (Wildman–Crippen LogP) is 2.31. The summed E-state index contributed by atoms with van der Waals surface area (Å²) >= 11 is 0. The first-order valence-electron chi connectivity index (χ1n) is 8.92. The number of aromatic nitrogens is 2. The van der Waals surface area contributed by atoms with Crippen LogP contribution >= 0.6 is 0 Å². The molecular weight excluding hydrogens is 300 g/mol. The highest BCUT2D eigenvalue weighted by Gasteiger charge is 2.25. The Morgan fingerprint density at radius 2 is 1.79 bits per heavy atom. The van der Waals surface area contributed by atoms with Gasteiger partial charge in [-0.2, -0.15) is 5.10 Å². The lowest BCUT2D eigenvalue weighted by Crippen LogP contribution is -2.35. The number of amides is 1. The molecule has 0 saturated heterocycles. The molecule has 1 aromatic carbocycles. The number of nitrogens with zero attached hydrogens (tertiary/aromatic N) is 3. The van der Waals surface area contributed by atoms with E-state index >= 15 is 0 Å². The Hall–Kier alpha value is -2.14. The Bertz CT molecular complexity index is 703. The second-order valence-corrected chi connectivity index (χ2v) is 6.93. The van der Waals surface area contributed by atoms with E-state index in [1.807, 2.05) is 16.8 Å². The number of primary amides is 1. The van der Waals surface area contributed by atoms with Crippen molar-refractivity contribution in [3.8, 4) is 5.69 Å². The highest BCUT2D eigenvalue weighted by Crippen LogP contribution is 2.26. The van der Waals surface area contributed by atoms with Gasteiger partial charge < -0.3 is 5.73 Å². The van der Waals surface area contributed by atoms with Gasteiger partial charge in [0, 0.05) is 37.3 Å². The lowest BCUT2D eigenvalue weighted by molar-refractivity contribution is 0.100. The summed E-state index contributed by atoms with van der Waals surface area (Å²) in [4.78, 5) is 13.8. The van der Waals surface area contributed by atoms with Gasteiger partial charge in [-0.05, 0) is 49.1 Å². The van der Waals surface area contributed by atoms with Gasteiger partial charge in [0.25, 0.3) is 0 Å². The van der Waals surface area contributed by atoms with Crippen molar-refractivity contribution in [3.05, 3.63) is 47.3 Å². The van der Waals surface area contributed by atoms with Crippen LogP contribution in [0.15, 0.2) is 30.5 Å². The Kier molecular flexibility index (Phi) is 4.10. The molecule has 24 heavy (non-hydrogen) atoms. The number of rotatable bonds is 3. The summed E-state index contributed by atoms with van der Waals surface area (Å²) in [6.07, 6.45) is 9.75. The van der Waals surface area contributed by atoms with E-state index in [1.54, 1.807) is 12.1 Å². The molecule has 2 N–H and O–H groups in total. The zero-order chi connectivity index (χ0) is 16.5. The van der Waals surface area contributed by atoms with Gasteiger partial charge in [-0.15, -0.1) is 0 Å². The van der Waals surface area contributed by atoms with Crippen molar-refractivity contribution in [1.82, 2.24) is 14.7 Å². The second kappa shape index (κ2) is 6.40. The molecule has 0 bridgehead atoms. The number of benzene rings is 1. The predicted molar refractivity (Wildman–Crippen MR) is 93.3 cm³/mol. The average Bonchev–Trinajstić information content (AvgIpc) is 3.22. The number of fused-ring (bicyclic) bond motifs is 1. The van der Waals surface area contributed by atoms with E-state index in [0.717, 1.165) is 37.7 Å². The third kappa shape index (κ3) is 2.96. The molecule has 1 aliphatic carbocycles. The lowest BCUT2D eigenvalue weighted by Gasteiger charge is -2.26. The highest BCUT2D eigenvalue weighted by atomic mass is 16.1. The van der Waals surface area contributed by atoms with Crippen molar-refractivity contribution in [3.63, 3.8) is 0 Å². The molecule has 5 heteroatoms. The van der Waals surface area contributed by atoms with E-state index in [-0.39, 0.29) is 0 Å². The smallest absolute Gasteiger partial charge is 0.248 e. The van der Waals surface area contributed by atoms with Gasteiger partial charge in [-0.25, -0.2) is 4.68 Å². The van der Waals surface area contributed by atoms with Crippen LogP contribution in [-0.2, 0) is 12.8 Å². The van der Waals surface area contributed by atoms with Crippen molar-refractivity contribution in [2.24, 2.45) is 5.73 Å². The molecule has 1 amide bonds. The fraction of sp³-hybridized carbons (Fsp3) is 0.474. The molecule has 1 aromatic heterocycles. The summed E-state index contributed by atoms with van der Waals surface area (Å²) in [5.41, 5.74) is 9.37. The molecule has 2 aromatic rings. The third-order valence-corrected chi connectivity index (χ3v) is 5.44. The first kappa shape index (κ1) is 15.4. The summed E-state index contributed by atoms with van der Waals surface area (Å²) in [6, 6.07) is 8.11. The maximum absolute atomic E-state index is 11.2. The van der Waals surface area contributed by atoms with Crippen LogP contribution in [0.4, 0.5) is 0 Å². The number of hydrogen-bond acceptors (Lipinski definition) is 3. The van der Waals surface area contributed by atoms with Gasteiger partial charge >= 0.3 is 0 Å². The Morgan fingerprint density at radius 3 is 2.50 bits per heavy atom. The Labute approximate surface area is 142 Å². The van der Waals surface area contributed by atoms with Crippen LogP contribution in [0.5, 0.6) is 0 Å². The summed E-state index contributed by atoms with van der Waals surface area (Å²) in [7, 11) is 0. The summed E-state index contributed by atoms with van der Waals surface area (Å²) in [5, 5.41) is 4.79. The van der Waals surface area contributed by atoms with Crippen LogP contribution in [0.1, 0.15) is 47.3 Å². The van der Waals surface area contributed by atoms with Gasteiger partial charge in [0.1, 0.15) is 0 Å². The molecule has 126 valence electrons. The third-order valence-electron chi connectivity index (χ3n) is 5.44. The fourth-order valence-electron chi connectivity index (χ4n) is 4.04. The standard InChI is InChI=1S/C19H24N4O/c20-19(24)14-5-7-17(8-6-14)23-13-15-9-11-22(12-10-18(15)21-23)16-3-1-2-4-16/h5-8,13,16H,1-4,9-12H2,(H2,20,24). The average molecular weight is 324 g/mol.